The Bertz CT molecular complexity index is 1680. The first-order chi connectivity index (χ1) is 21.1. The van der Waals surface area contributed by atoms with Crippen molar-refractivity contribution >= 4 is 38.5 Å². The topological polar surface area (TPSA) is 321 Å². The zero-order valence-electron chi connectivity index (χ0n) is 22.5. The molecule has 45 heavy (non-hydrogen) atoms. The Morgan fingerprint density at radius 2 is 1.76 bits per heavy atom. The number of nitrogen functional groups attached to an aromatic ring is 1. The normalized spacial score (nSPS) is 31.2. The average Bonchev–Trinajstić information content (AvgIpc) is 3.60. The number of hydrogen-bond acceptors (Lipinski definition) is 17. The summed E-state index contributed by atoms with van der Waals surface area (Å²) in [6.07, 6.45) is -10.2. The van der Waals surface area contributed by atoms with Crippen molar-refractivity contribution < 1.29 is 75.9 Å². The van der Waals surface area contributed by atoms with Crippen LogP contribution < -0.4 is 20.9 Å². The number of rotatable bonds is 11. The summed E-state index contributed by atoms with van der Waals surface area (Å²) in [5.41, 5.74) is 10.6. The zero-order valence-corrected chi connectivity index (χ0v) is 24.3. The molecule has 2 fully saturated rings. The Balaban J connectivity index is 1.17. The highest BCUT2D eigenvalue weighted by atomic mass is 31.3. The number of aromatic nitrogens is 5. The maximum atomic E-state index is 13.7. The molecule has 5 rings (SSSR count). The summed E-state index contributed by atoms with van der Waals surface area (Å²) < 4.78 is 64.8. The number of nitrogens with zero attached hydrogens (tertiary/aromatic N) is 5. The number of halogens is 1. The molecule has 2 aliphatic rings. The number of primary amides is 1. The van der Waals surface area contributed by atoms with Crippen LogP contribution >= 0.6 is 15.6 Å². The molecule has 5 heterocycles. The van der Waals surface area contributed by atoms with Crippen LogP contribution in [0, 0.1) is 6.08 Å². The lowest BCUT2D eigenvalue weighted by molar-refractivity contribution is -0.765. The first kappa shape index (κ1) is 33.3. The van der Waals surface area contributed by atoms with Crippen LogP contribution in [0.15, 0.2) is 30.9 Å². The van der Waals surface area contributed by atoms with Crippen molar-refractivity contribution in [1.82, 2.24) is 19.5 Å². The summed E-state index contributed by atoms with van der Waals surface area (Å²) in [5.74, 6) is -1.10. The first-order valence-electron chi connectivity index (χ1n) is 12.7. The Kier molecular flexibility index (Phi) is 9.33. The van der Waals surface area contributed by atoms with Crippen LogP contribution in [0.2, 0.25) is 0 Å². The maximum Gasteiger partial charge on any atom is 0.478 e. The summed E-state index contributed by atoms with van der Waals surface area (Å²) in [7, 11) is -11.1. The van der Waals surface area contributed by atoms with Gasteiger partial charge in [0.05, 0.1) is 19.5 Å². The number of carbonyl (C=O) groups is 1. The molecule has 0 spiro atoms. The Labute approximate surface area is 250 Å². The fourth-order valence-corrected chi connectivity index (χ4v) is 6.66. The van der Waals surface area contributed by atoms with Crippen LogP contribution in [0.1, 0.15) is 22.8 Å². The van der Waals surface area contributed by atoms with Gasteiger partial charge in [-0.15, -0.1) is 0 Å². The lowest BCUT2D eigenvalue weighted by atomic mass is 10.1. The van der Waals surface area contributed by atoms with E-state index in [9.17, 15) is 48.5 Å². The van der Waals surface area contributed by atoms with Gasteiger partial charge in [0.1, 0.15) is 36.1 Å². The number of aliphatic hydroxyl groups is 4. The lowest BCUT2D eigenvalue weighted by Crippen LogP contribution is -2.46. The molecular weight excluding hydrogens is 655 g/mol. The van der Waals surface area contributed by atoms with Crippen molar-refractivity contribution in [2.75, 3.05) is 18.9 Å². The van der Waals surface area contributed by atoms with E-state index >= 15 is 0 Å². The molecule has 9 N–H and O–H groups in total. The molecule has 0 radical (unpaired) electrons. The van der Waals surface area contributed by atoms with E-state index in [4.69, 9.17) is 20.9 Å². The predicted octanol–water partition coefficient (Wildman–Crippen LogP) is -3.51. The van der Waals surface area contributed by atoms with E-state index in [1.165, 1.54) is 29.1 Å². The van der Waals surface area contributed by atoms with Crippen molar-refractivity contribution in [3.63, 3.8) is 0 Å². The van der Waals surface area contributed by atoms with Gasteiger partial charge in [0.15, 0.2) is 41.7 Å². The molecule has 3 aromatic rings. The lowest BCUT2D eigenvalue weighted by Gasteiger charge is -2.26. The van der Waals surface area contributed by atoms with Gasteiger partial charge in [-0.1, -0.05) is 0 Å². The van der Waals surface area contributed by atoms with Gasteiger partial charge in [-0.05, 0) is 6.07 Å². The molecule has 21 nitrogen and oxygen atoms in total. The Morgan fingerprint density at radius 3 is 2.47 bits per heavy atom. The highest BCUT2D eigenvalue weighted by Gasteiger charge is 2.49. The number of ether oxygens (including phenoxy) is 2. The van der Waals surface area contributed by atoms with Gasteiger partial charge in [-0.25, -0.2) is 13.9 Å². The van der Waals surface area contributed by atoms with E-state index in [-0.39, 0.29) is 22.5 Å². The second kappa shape index (κ2) is 12.6. The summed E-state index contributed by atoms with van der Waals surface area (Å²) in [6, 6.07) is 2.79. The molecular formula is C21H26FN7O14P2. The predicted molar refractivity (Wildman–Crippen MR) is 137 cm³/mol. The minimum absolute atomic E-state index is 0.0440. The molecule has 0 aliphatic carbocycles. The number of hydrogen-bond donors (Lipinski definition) is 7. The van der Waals surface area contributed by atoms with E-state index in [0.717, 1.165) is 10.9 Å². The van der Waals surface area contributed by atoms with E-state index in [0.29, 0.717) is 0 Å². The first-order valence-corrected chi connectivity index (χ1v) is 15.7. The fraction of sp³-hybridized carbons (Fsp3) is 0.476. The minimum atomic E-state index is -5.66. The van der Waals surface area contributed by atoms with Crippen LogP contribution in [0.3, 0.4) is 0 Å². The average molecular weight is 681 g/mol. The molecule has 1 amide bonds. The van der Waals surface area contributed by atoms with Crippen LogP contribution in [-0.2, 0) is 32.0 Å². The third-order valence-corrected chi connectivity index (χ3v) is 9.34. The number of fused-ring (bicyclic) bond motifs is 1. The van der Waals surface area contributed by atoms with Crippen molar-refractivity contribution in [3.05, 3.63) is 42.5 Å². The van der Waals surface area contributed by atoms with E-state index in [1.807, 2.05) is 0 Å². The standard InChI is InChI=1S/C21H26FN7O14P2/c22-21-26-16(23)11-18(27-21)29(7-25-11)20-15(33)13(31)10(42-20)6-40-45(37,38)43-44(35,36)39-5-9-12(30)14(32)19(41-9)28-3-1-2-8(4-28)17(24)34/h1-4,7,9-10,12-15,19-20,30-33H,5-6H2,(H5-,23,24,26,27,34,35,36,37,38)/t9-,10-,12-,13-,14-,15-,19-,20-/m1/s1. The minimum Gasteiger partial charge on any atom is -0.756 e. The molecule has 2 aliphatic heterocycles. The quantitative estimate of drug-likeness (QED) is 0.0586. The van der Waals surface area contributed by atoms with Gasteiger partial charge in [0.25, 0.3) is 20.0 Å². The summed E-state index contributed by atoms with van der Waals surface area (Å²) >= 11 is 0. The van der Waals surface area contributed by atoms with E-state index in [1.54, 1.807) is 0 Å². The van der Waals surface area contributed by atoms with E-state index < -0.39 is 89.9 Å². The third-order valence-electron chi connectivity index (χ3n) is 6.77. The number of anilines is 1. The molecule has 24 heteroatoms. The van der Waals surface area contributed by atoms with Gasteiger partial charge in [0, 0.05) is 6.07 Å². The van der Waals surface area contributed by atoms with E-state index in [2.05, 4.69) is 28.3 Å². The number of phosphoric acid groups is 2. The van der Waals surface area contributed by atoms with Crippen molar-refractivity contribution in [3.8, 4) is 0 Å². The van der Waals surface area contributed by atoms with Gasteiger partial charge in [-0.3, -0.25) is 18.5 Å². The van der Waals surface area contributed by atoms with Crippen LogP contribution in [0.4, 0.5) is 10.2 Å². The highest BCUT2D eigenvalue weighted by Crippen LogP contribution is 2.58. The smallest absolute Gasteiger partial charge is 0.478 e. The van der Waals surface area contributed by atoms with Crippen molar-refractivity contribution in [1.29, 1.82) is 0 Å². The number of aliphatic hydroxyl groups excluding tert-OH is 4. The molecule has 0 saturated carbocycles. The Hall–Kier alpha value is -3.08. The fourth-order valence-electron chi connectivity index (χ4n) is 4.61. The van der Waals surface area contributed by atoms with Crippen molar-refractivity contribution in [2.24, 2.45) is 5.73 Å². The molecule has 3 aromatic heterocycles. The van der Waals surface area contributed by atoms with Crippen LogP contribution in [0.25, 0.3) is 11.2 Å². The summed E-state index contributed by atoms with van der Waals surface area (Å²) in [5, 5.41) is 41.5. The zero-order chi connectivity index (χ0) is 32.8. The van der Waals surface area contributed by atoms with Gasteiger partial charge < -0.3 is 55.7 Å². The molecule has 10 atom stereocenters. The maximum absolute atomic E-state index is 13.7. The SMILES string of the molecule is NC(=O)c1ccc[n+]([C@@H]2O[C@H](COP(=O)([O-])OP(=O)(O)OC[C@H]3O[C@@H](n4cnc5c(N)nc(F)nc54)[C@H](O)[C@@H]3O)[C@@H](O)[C@H]2O)c1. The highest BCUT2D eigenvalue weighted by molar-refractivity contribution is 7.60. The summed E-state index contributed by atoms with van der Waals surface area (Å²) in [4.78, 5) is 44.4. The molecule has 2 saturated heterocycles. The van der Waals surface area contributed by atoms with Crippen LogP contribution in [0.5, 0.6) is 0 Å². The van der Waals surface area contributed by atoms with Gasteiger partial charge in [-0.2, -0.15) is 18.9 Å². The monoisotopic (exact) mass is 681 g/mol. The third kappa shape index (κ3) is 7.03. The number of amides is 1. The van der Waals surface area contributed by atoms with Crippen LogP contribution in [-0.4, -0.2) is 101 Å². The number of carbonyl (C=O) groups excluding carboxylic acids is 1. The molecule has 0 bridgehead atoms. The second-order valence-electron chi connectivity index (χ2n) is 9.79. The van der Waals surface area contributed by atoms with Crippen molar-refractivity contribution in [2.45, 2.75) is 49.1 Å². The number of imidazole rings is 1. The number of phosphoric ester groups is 2. The molecule has 246 valence electrons. The summed E-state index contributed by atoms with van der Waals surface area (Å²) in [6.45, 7) is -1.99. The number of nitrogens with two attached hydrogens (primary N) is 2. The number of pyridine rings is 1. The van der Waals surface area contributed by atoms with Gasteiger partial charge >= 0.3 is 13.9 Å². The largest absolute Gasteiger partial charge is 0.756 e. The molecule has 2 unspecified atom stereocenters. The molecule has 0 aromatic carbocycles. The Morgan fingerprint density at radius 1 is 1.09 bits per heavy atom. The second-order valence-corrected chi connectivity index (χ2v) is 12.8. The van der Waals surface area contributed by atoms with Gasteiger partial charge in [0.2, 0.25) is 0 Å².